The number of amides is 1. The zero-order chi connectivity index (χ0) is 13.0. The number of benzene rings is 1. The fourth-order valence-corrected chi connectivity index (χ4v) is 2.50. The molecule has 1 amide bonds. The molecule has 0 aliphatic heterocycles. The summed E-state index contributed by atoms with van der Waals surface area (Å²) in [5.74, 6) is 5.60. The van der Waals surface area contributed by atoms with E-state index in [9.17, 15) is 4.79 Å². The zero-order valence-electron chi connectivity index (χ0n) is 9.96. The summed E-state index contributed by atoms with van der Waals surface area (Å²) in [7, 11) is 1.87. The molecule has 0 saturated carbocycles. The first kappa shape index (κ1) is 12.7. The van der Waals surface area contributed by atoms with Crippen LogP contribution >= 0.6 is 11.8 Å². The van der Waals surface area contributed by atoms with E-state index in [0.29, 0.717) is 11.3 Å². The van der Waals surface area contributed by atoms with Gasteiger partial charge in [0.1, 0.15) is 0 Å². The van der Waals surface area contributed by atoms with E-state index >= 15 is 0 Å². The maximum atomic E-state index is 11.6. The van der Waals surface area contributed by atoms with Crippen molar-refractivity contribution < 1.29 is 4.79 Å². The highest BCUT2D eigenvalue weighted by Gasteiger charge is 2.09. The Balaban J connectivity index is 2.11. The molecule has 94 valence electrons. The van der Waals surface area contributed by atoms with Gasteiger partial charge in [-0.3, -0.25) is 14.9 Å². The molecular formula is C12H14N4OS. The van der Waals surface area contributed by atoms with E-state index in [1.165, 1.54) is 0 Å². The number of nitrogens with zero attached hydrogens (tertiary/aromatic N) is 2. The number of rotatable bonds is 4. The minimum Gasteiger partial charge on any atom is -0.290 e. The number of aryl methyl sites for hydroxylation is 1. The van der Waals surface area contributed by atoms with Gasteiger partial charge in [-0.2, -0.15) is 5.10 Å². The first-order chi connectivity index (χ1) is 8.70. The molecule has 0 spiro atoms. The van der Waals surface area contributed by atoms with E-state index in [1.54, 1.807) is 28.7 Å². The number of hydrogen-bond donors (Lipinski definition) is 2. The fraction of sp³-hybridized carbons (Fsp3) is 0.167. The molecule has 0 unspecified atom stereocenters. The Hall–Kier alpha value is -1.79. The molecule has 5 nitrogen and oxygen atoms in total. The second-order valence-electron chi connectivity index (χ2n) is 3.77. The van der Waals surface area contributed by atoms with Crippen LogP contribution in [0.15, 0.2) is 41.6 Å². The molecule has 2 aromatic rings. The van der Waals surface area contributed by atoms with Crippen molar-refractivity contribution in [3.05, 3.63) is 47.8 Å². The van der Waals surface area contributed by atoms with Crippen molar-refractivity contribution in [1.82, 2.24) is 15.2 Å². The normalized spacial score (nSPS) is 10.3. The third-order valence-electron chi connectivity index (χ3n) is 2.47. The van der Waals surface area contributed by atoms with Gasteiger partial charge < -0.3 is 0 Å². The Morgan fingerprint density at radius 2 is 2.28 bits per heavy atom. The number of nitrogens with one attached hydrogen (secondary N) is 1. The summed E-state index contributed by atoms with van der Waals surface area (Å²) >= 11 is 1.63. The highest BCUT2D eigenvalue weighted by Crippen LogP contribution is 2.23. The molecule has 0 saturated heterocycles. The number of hydrogen-bond acceptors (Lipinski definition) is 4. The van der Waals surface area contributed by atoms with E-state index < -0.39 is 0 Å². The van der Waals surface area contributed by atoms with Gasteiger partial charge in [-0.1, -0.05) is 18.2 Å². The van der Waals surface area contributed by atoms with Crippen LogP contribution in [0.3, 0.4) is 0 Å². The van der Waals surface area contributed by atoms with Gasteiger partial charge >= 0.3 is 0 Å². The predicted octanol–water partition coefficient (Wildman–Crippen LogP) is 1.32. The highest BCUT2D eigenvalue weighted by molar-refractivity contribution is 7.98. The summed E-state index contributed by atoms with van der Waals surface area (Å²) in [4.78, 5) is 12.7. The molecule has 0 bridgehead atoms. The minimum absolute atomic E-state index is 0.266. The quantitative estimate of drug-likeness (QED) is 0.377. The Labute approximate surface area is 109 Å². The lowest BCUT2D eigenvalue weighted by Gasteiger charge is -2.06. The SMILES string of the molecule is Cn1cc(SCc2ccccc2C(=O)NN)cn1. The first-order valence-corrected chi connectivity index (χ1v) is 6.39. The second kappa shape index (κ2) is 5.70. The fourth-order valence-electron chi connectivity index (χ4n) is 1.58. The van der Waals surface area contributed by atoms with Crippen molar-refractivity contribution in [2.45, 2.75) is 10.6 Å². The Morgan fingerprint density at radius 1 is 1.50 bits per heavy atom. The van der Waals surface area contributed by atoms with Crippen LogP contribution in [0.1, 0.15) is 15.9 Å². The monoisotopic (exact) mass is 262 g/mol. The van der Waals surface area contributed by atoms with Crippen LogP contribution in [0.4, 0.5) is 0 Å². The van der Waals surface area contributed by atoms with E-state index in [0.717, 1.165) is 10.5 Å². The van der Waals surface area contributed by atoms with Gasteiger partial charge in [0.05, 0.1) is 6.20 Å². The number of aromatic nitrogens is 2. The lowest BCUT2D eigenvalue weighted by molar-refractivity contribution is 0.0953. The van der Waals surface area contributed by atoms with Crippen LogP contribution < -0.4 is 11.3 Å². The maximum Gasteiger partial charge on any atom is 0.265 e. The van der Waals surface area contributed by atoms with Crippen LogP contribution in [-0.2, 0) is 12.8 Å². The van der Waals surface area contributed by atoms with Gasteiger partial charge in [-0.25, -0.2) is 5.84 Å². The van der Waals surface area contributed by atoms with Crippen LogP contribution in [0.2, 0.25) is 0 Å². The van der Waals surface area contributed by atoms with E-state index in [2.05, 4.69) is 10.5 Å². The summed E-state index contributed by atoms with van der Waals surface area (Å²) in [5, 5.41) is 4.10. The minimum atomic E-state index is -0.266. The van der Waals surface area contributed by atoms with Gasteiger partial charge in [0, 0.05) is 29.5 Å². The number of thioether (sulfide) groups is 1. The molecule has 0 fully saturated rings. The number of hydrazine groups is 1. The summed E-state index contributed by atoms with van der Waals surface area (Å²) in [5.41, 5.74) is 3.72. The third kappa shape index (κ3) is 2.91. The summed E-state index contributed by atoms with van der Waals surface area (Å²) in [6.45, 7) is 0. The maximum absolute atomic E-state index is 11.6. The van der Waals surface area contributed by atoms with Crippen molar-refractivity contribution >= 4 is 17.7 Å². The molecule has 0 atom stereocenters. The smallest absolute Gasteiger partial charge is 0.265 e. The van der Waals surface area contributed by atoms with Gasteiger partial charge in [-0.05, 0) is 11.6 Å². The molecule has 0 aliphatic carbocycles. The average Bonchev–Trinajstić information content (AvgIpc) is 2.81. The highest BCUT2D eigenvalue weighted by atomic mass is 32.2. The van der Waals surface area contributed by atoms with E-state index in [-0.39, 0.29) is 5.91 Å². The van der Waals surface area contributed by atoms with Crippen molar-refractivity contribution in [2.75, 3.05) is 0 Å². The predicted molar refractivity (Wildman–Crippen MR) is 70.9 cm³/mol. The standard InChI is InChI=1S/C12H14N4OS/c1-16-7-10(6-14-16)18-8-9-4-2-3-5-11(9)12(17)15-13/h2-7H,8,13H2,1H3,(H,15,17). The number of nitrogens with two attached hydrogens (primary N) is 1. The molecule has 18 heavy (non-hydrogen) atoms. The molecule has 3 N–H and O–H groups in total. The zero-order valence-corrected chi connectivity index (χ0v) is 10.8. The molecule has 1 heterocycles. The Kier molecular flexibility index (Phi) is 4.01. The third-order valence-corrected chi connectivity index (χ3v) is 3.47. The molecule has 1 aromatic carbocycles. The number of carbonyl (C=O) groups excluding carboxylic acids is 1. The topological polar surface area (TPSA) is 72.9 Å². The van der Waals surface area contributed by atoms with Gasteiger partial charge in [0.25, 0.3) is 5.91 Å². The van der Waals surface area contributed by atoms with E-state index in [1.807, 2.05) is 31.4 Å². The Morgan fingerprint density at radius 3 is 2.94 bits per heavy atom. The van der Waals surface area contributed by atoms with Gasteiger partial charge in [-0.15, -0.1) is 11.8 Å². The molecule has 6 heteroatoms. The van der Waals surface area contributed by atoms with Crippen molar-refractivity contribution in [2.24, 2.45) is 12.9 Å². The van der Waals surface area contributed by atoms with Gasteiger partial charge in [0.15, 0.2) is 0 Å². The van der Waals surface area contributed by atoms with Crippen LogP contribution in [0.5, 0.6) is 0 Å². The van der Waals surface area contributed by atoms with Crippen LogP contribution in [0.25, 0.3) is 0 Å². The first-order valence-electron chi connectivity index (χ1n) is 5.41. The van der Waals surface area contributed by atoms with Crippen molar-refractivity contribution in [1.29, 1.82) is 0 Å². The molecule has 1 aromatic heterocycles. The Bertz CT molecular complexity index is 553. The van der Waals surface area contributed by atoms with E-state index in [4.69, 9.17) is 5.84 Å². The summed E-state index contributed by atoms with van der Waals surface area (Å²) in [6, 6.07) is 7.42. The number of nitrogen functional groups attached to an aromatic ring is 1. The van der Waals surface area contributed by atoms with Crippen LogP contribution in [0, 0.1) is 0 Å². The average molecular weight is 262 g/mol. The molecule has 0 radical (unpaired) electrons. The van der Waals surface area contributed by atoms with Crippen LogP contribution in [-0.4, -0.2) is 15.7 Å². The van der Waals surface area contributed by atoms with Crippen molar-refractivity contribution in [3.8, 4) is 0 Å². The lowest BCUT2D eigenvalue weighted by Crippen LogP contribution is -2.30. The summed E-state index contributed by atoms with van der Waals surface area (Å²) < 4.78 is 1.75. The molecule has 0 aliphatic rings. The summed E-state index contributed by atoms with van der Waals surface area (Å²) in [6.07, 6.45) is 3.74. The van der Waals surface area contributed by atoms with Gasteiger partial charge in [0.2, 0.25) is 0 Å². The number of carbonyl (C=O) groups is 1. The van der Waals surface area contributed by atoms with Crippen molar-refractivity contribution in [3.63, 3.8) is 0 Å². The lowest BCUT2D eigenvalue weighted by atomic mass is 10.1. The largest absolute Gasteiger partial charge is 0.290 e. The molecule has 2 rings (SSSR count). The second-order valence-corrected chi connectivity index (χ2v) is 4.82. The molecular weight excluding hydrogens is 248 g/mol.